The van der Waals surface area contributed by atoms with Crippen LogP contribution in [0.4, 0.5) is 0 Å². The summed E-state index contributed by atoms with van der Waals surface area (Å²) in [6.07, 6.45) is 0. The van der Waals surface area contributed by atoms with Crippen molar-refractivity contribution in [1.82, 2.24) is 68.9 Å². The Kier molecular flexibility index (Phi) is 16.8. The van der Waals surface area contributed by atoms with E-state index in [9.17, 15) is 0 Å². The van der Waals surface area contributed by atoms with Crippen molar-refractivity contribution >= 4 is 87.5 Å². The van der Waals surface area contributed by atoms with Crippen molar-refractivity contribution in [2.75, 3.05) is 0 Å². The van der Waals surface area contributed by atoms with Crippen molar-refractivity contribution in [1.29, 1.82) is 0 Å². The van der Waals surface area contributed by atoms with E-state index in [1.54, 1.807) is 0 Å². The van der Waals surface area contributed by atoms with Gasteiger partial charge in [-0.15, -0.1) is 0 Å². The lowest BCUT2D eigenvalue weighted by Crippen LogP contribution is -2.06. The largest absolute Gasteiger partial charge is 0.455 e. The Balaban J connectivity index is 0.000000143. The fourth-order valence-electron chi connectivity index (χ4n) is 16.0. The summed E-state index contributed by atoms with van der Waals surface area (Å²) in [5.41, 5.74) is 17.5. The molecule has 16 heteroatoms. The topological polar surface area (TPSA) is 191 Å². The van der Waals surface area contributed by atoms with Gasteiger partial charge in [0.05, 0.1) is 33.2 Å². The number of hydrogen-bond donors (Lipinski definition) is 0. The van der Waals surface area contributed by atoms with Crippen molar-refractivity contribution in [2.45, 2.75) is 0 Å². The van der Waals surface area contributed by atoms with Gasteiger partial charge in [-0.1, -0.05) is 328 Å². The molecule has 23 rings (SSSR count). The van der Waals surface area contributed by atoms with E-state index in [2.05, 4.69) is 124 Å². The average molecular weight is 1520 g/mol. The number of rotatable bonds is 13. The predicted molar refractivity (Wildman–Crippen MR) is 469 cm³/mol. The summed E-state index contributed by atoms with van der Waals surface area (Å²) in [6.45, 7) is 0. The van der Waals surface area contributed by atoms with E-state index in [0.29, 0.717) is 92.5 Å². The van der Waals surface area contributed by atoms with Crippen LogP contribution in [0.25, 0.3) is 224 Å². The summed E-state index contributed by atoms with van der Waals surface area (Å²) in [7, 11) is 0. The maximum absolute atomic E-state index is 6.83. The summed E-state index contributed by atoms with van der Waals surface area (Å²) < 4.78 is 17.9. The van der Waals surface area contributed by atoms with E-state index in [1.165, 1.54) is 0 Å². The second-order valence-electron chi connectivity index (χ2n) is 28.6. The molecular formula is C102H62N14O2. The molecule has 0 saturated heterocycles. The Morgan fingerprint density at radius 3 is 0.780 bits per heavy atom. The van der Waals surface area contributed by atoms with Crippen LogP contribution < -0.4 is 0 Å². The van der Waals surface area contributed by atoms with Crippen molar-refractivity contribution < 1.29 is 8.83 Å². The molecule has 118 heavy (non-hydrogen) atoms. The summed E-state index contributed by atoms with van der Waals surface area (Å²) in [6, 6.07) is 126. The number of nitrogens with zero attached hydrogens (tertiary/aromatic N) is 14. The van der Waals surface area contributed by atoms with Crippen LogP contribution in [0, 0.1) is 0 Å². The van der Waals surface area contributed by atoms with Crippen molar-refractivity contribution in [3.05, 3.63) is 376 Å². The molecule has 0 saturated carbocycles. The molecule has 16 nitrogen and oxygen atoms in total. The average Bonchev–Trinajstić information content (AvgIpc) is 1.59. The third-order valence-corrected chi connectivity index (χ3v) is 21.5. The lowest BCUT2D eigenvalue weighted by atomic mass is 10.0. The van der Waals surface area contributed by atoms with Gasteiger partial charge in [0, 0.05) is 87.6 Å². The monoisotopic (exact) mass is 1510 g/mol. The smallest absolute Gasteiger partial charge is 0.238 e. The molecular weight excluding hydrogens is 1450 g/mol. The van der Waals surface area contributed by atoms with Crippen LogP contribution in [0.15, 0.2) is 385 Å². The zero-order chi connectivity index (χ0) is 78.0. The van der Waals surface area contributed by atoms with Crippen LogP contribution in [0.2, 0.25) is 0 Å². The number of benzene rings is 15. The van der Waals surface area contributed by atoms with E-state index in [-0.39, 0.29) is 0 Å². The van der Waals surface area contributed by atoms with Crippen LogP contribution in [-0.4, -0.2) is 68.9 Å². The van der Waals surface area contributed by atoms with Gasteiger partial charge in [0.1, 0.15) is 22.3 Å². The van der Waals surface area contributed by atoms with Crippen LogP contribution >= 0.6 is 0 Å². The summed E-state index contributed by atoms with van der Waals surface area (Å²) in [5, 5.41) is 8.06. The maximum Gasteiger partial charge on any atom is 0.238 e. The third-order valence-electron chi connectivity index (χ3n) is 21.5. The van der Waals surface area contributed by atoms with Crippen molar-refractivity contribution in [3.8, 4) is 137 Å². The van der Waals surface area contributed by atoms with Crippen LogP contribution in [-0.2, 0) is 0 Å². The Morgan fingerprint density at radius 1 is 0.169 bits per heavy atom. The molecule has 0 atom stereocenters. The van der Waals surface area contributed by atoms with Crippen molar-refractivity contribution in [2.24, 2.45) is 0 Å². The molecule has 8 heterocycles. The quantitative estimate of drug-likeness (QED) is 0.106. The first-order valence-corrected chi connectivity index (χ1v) is 38.8. The molecule has 23 aromatic rings. The van der Waals surface area contributed by atoms with Gasteiger partial charge in [-0.3, -0.25) is 9.13 Å². The van der Waals surface area contributed by atoms with E-state index in [0.717, 1.165) is 132 Å². The highest BCUT2D eigenvalue weighted by molar-refractivity contribution is 6.17. The zero-order valence-corrected chi connectivity index (χ0v) is 62.9. The van der Waals surface area contributed by atoms with Gasteiger partial charge >= 0.3 is 0 Å². The van der Waals surface area contributed by atoms with Crippen LogP contribution in [0.1, 0.15) is 0 Å². The second kappa shape index (κ2) is 28.9. The molecule has 552 valence electrons. The molecule has 0 aliphatic rings. The van der Waals surface area contributed by atoms with Gasteiger partial charge < -0.3 is 8.83 Å². The van der Waals surface area contributed by atoms with Gasteiger partial charge in [0.25, 0.3) is 0 Å². The molecule has 0 radical (unpaired) electrons. The third kappa shape index (κ3) is 12.2. The van der Waals surface area contributed by atoms with E-state index < -0.39 is 0 Å². The number of para-hydroxylation sites is 5. The maximum atomic E-state index is 6.83. The Labute approximate surface area is 674 Å². The van der Waals surface area contributed by atoms with Crippen molar-refractivity contribution in [3.63, 3.8) is 0 Å². The Hall–Kier alpha value is -16.5. The molecule has 8 aromatic heterocycles. The number of furan rings is 2. The highest BCUT2D eigenvalue weighted by atomic mass is 16.3. The SMILES string of the molecule is c1ccc(-c2ccc3c4ccccc4n(-c4nc(-c5ccccc5)nc(-c5cccc6c5oc5cccc(-c7nc(-c8ccccc8)nc(-c8ccccc8)n7)c56)n4)c3c2)cc1.c1ccc(-c2nc(-c3ccccc3)nc(-c3cccc4oc5c(-c6nc(-c7ccccc7)nc(-n7c8ccccc8c8ccccc87)n6)cccc5c34)n2)cc1. The summed E-state index contributed by atoms with van der Waals surface area (Å²) in [4.78, 5) is 61.2. The molecule has 0 bridgehead atoms. The predicted octanol–water partition coefficient (Wildman–Crippen LogP) is 24.4. The van der Waals surface area contributed by atoms with E-state index in [1.807, 2.05) is 261 Å². The van der Waals surface area contributed by atoms with Gasteiger partial charge in [0.2, 0.25) is 11.9 Å². The summed E-state index contributed by atoms with van der Waals surface area (Å²) in [5.74, 6) is 6.60. The standard InChI is InChI=1S/C54H33N7O.C48H29N7O/c1-5-17-34(18-6-1)38-31-32-40-39-25-13-14-29-44(39)61(45(40)33-38)54-59-51(37-23-11-4-12-24-37)58-53(60-54)43-28-15-26-41-47-42(27-16-30-46(47)62-48(41)43)52-56-49(35-19-7-2-8-20-35)55-50(57-52)36-21-9-3-10-22-36;1-4-16-30(17-5-1)43-49-44(31-18-6-2-7-19-31)51-46(50-43)36-25-15-29-40-41(36)35-24-14-26-37(42(35)56-40)47-52-45(32-20-8-3-9-21-32)53-48(54-47)55-38-27-12-10-22-33(38)34-23-11-13-28-39(34)55/h1-33H;1-29H. The first-order valence-electron chi connectivity index (χ1n) is 38.8. The second-order valence-corrected chi connectivity index (χ2v) is 28.6. The van der Waals surface area contributed by atoms with Crippen LogP contribution in [0.5, 0.6) is 0 Å². The molecule has 0 amide bonds. The minimum atomic E-state index is 0.489. The number of hydrogen-bond acceptors (Lipinski definition) is 14. The fourth-order valence-corrected chi connectivity index (χ4v) is 16.0. The Morgan fingerprint density at radius 2 is 0.424 bits per heavy atom. The van der Waals surface area contributed by atoms with Gasteiger partial charge in [-0.05, 0) is 59.7 Å². The molecule has 0 fully saturated rings. The van der Waals surface area contributed by atoms with Gasteiger partial charge in [-0.25, -0.2) is 39.9 Å². The molecule has 0 aliphatic heterocycles. The Bertz CT molecular complexity index is 7630. The molecule has 0 spiro atoms. The highest BCUT2D eigenvalue weighted by Gasteiger charge is 2.27. The van der Waals surface area contributed by atoms with Gasteiger partial charge in [0.15, 0.2) is 58.2 Å². The number of fused-ring (bicyclic) bond motifs is 12. The van der Waals surface area contributed by atoms with Crippen LogP contribution in [0.3, 0.4) is 0 Å². The zero-order valence-electron chi connectivity index (χ0n) is 62.9. The number of aromatic nitrogens is 14. The molecule has 0 aliphatic carbocycles. The van der Waals surface area contributed by atoms with E-state index in [4.69, 9.17) is 68.6 Å². The highest BCUT2D eigenvalue weighted by Crippen LogP contribution is 2.44. The molecule has 0 unspecified atom stereocenters. The molecule has 15 aromatic carbocycles. The normalized spacial score (nSPS) is 11.6. The lowest BCUT2D eigenvalue weighted by Gasteiger charge is -2.11. The first-order chi connectivity index (χ1) is 58.5. The summed E-state index contributed by atoms with van der Waals surface area (Å²) >= 11 is 0. The fraction of sp³-hybridized carbons (Fsp3) is 0. The lowest BCUT2D eigenvalue weighted by molar-refractivity contribution is 0.669. The minimum Gasteiger partial charge on any atom is -0.455 e. The van der Waals surface area contributed by atoms with Gasteiger partial charge in [-0.2, -0.15) is 19.9 Å². The minimum absolute atomic E-state index is 0.489. The molecule has 0 N–H and O–H groups in total. The first kappa shape index (κ1) is 68.4. The van der Waals surface area contributed by atoms with E-state index >= 15 is 0 Å².